The normalized spacial score (nSPS) is 10.9. The van der Waals surface area contributed by atoms with Crippen LogP contribution in [0.5, 0.6) is 40.2 Å². The molecule has 0 fully saturated rings. The smallest absolute Gasteiger partial charge is 0.203 e. The quantitative estimate of drug-likeness (QED) is 0.184. The van der Waals surface area contributed by atoms with Gasteiger partial charge in [-0.1, -0.05) is 12.2 Å². The summed E-state index contributed by atoms with van der Waals surface area (Å²) in [7, 11) is 9.12. The molecule has 0 saturated heterocycles. The van der Waals surface area contributed by atoms with E-state index < -0.39 is 0 Å². The van der Waals surface area contributed by atoms with Gasteiger partial charge in [0, 0.05) is 17.8 Å². The number of ketones is 1. The number of methoxy groups -OCH3 is 6. The van der Waals surface area contributed by atoms with Crippen molar-refractivity contribution in [3.63, 3.8) is 0 Å². The van der Waals surface area contributed by atoms with E-state index in [9.17, 15) is 9.90 Å². The highest BCUT2D eigenvalue weighted by molar-refractivity contribution is 6.05. The van der Waals surface area contributed by atoms with Crippen molar-refractivity contribution in [1.29, 1.82) is 0 Å². The first-order valence-electron chi connectivity index (χ1n) is 11.5. The number of phenols is 1. The summed E-state index contributed by atoms with van der Waals surface area (Å²) in [6, 6.07) is 11.9. The second-order valence-corrected chi connectivity index (χ2v) is 7.82. The summed E-state index contributed by atoms with van der Waals surface area (Å²) in [5.74, 6) is 2.45. The molecular formula is C29H31NO8. The summed E-state index contributed by atoms with van der Waals surface area (Å²) in [5, 5.41) is 13.5. The number of rotatable bonds is 12. The number of benzene rings is 3. The first-order valence-corrected chi connectivity index (χ1v) is 11.5. The monoisotopic (exact) mass is 521 g/mol. The Bertz CT molecular complexity index is 1320. The molecule has 0 heterocycles. The van der Waals surface area contributed by atoms with Gasteiger partial charge >= 0.3 is 0 Å². The molecule has 3 aromatic rings. The van der Waals surface area contributed by atoms with Gasteiger partial charge in [-0.2, -0.15) is 0 Å². The highest BCUT2D eigenvalue weighted by Crippen LogP contribution is 2.39. The molecule has 0 aliphatic heterocycles. The van der Waals surface area contributed by atoms with Gasteiger partial charge < -0.3 is 38.8 Å². The van der Waals surface area contributed by atoms with E-state index in [1.807, 2.05) is 24.3 Å². The third-order valence-electron chi connectivity index (χ3n) is 5.59. The summed E-state index contributed by atoms with van der Waals surface area (Å²) in [6.07, 6.45) is 6.49. The molecule has 0 aromatic heterocycles. The standard InChI is InChI=1S/C29H31NO8/c1-33-24-10-9-20(17-25(24)34-2)22(31)11-12-30-21-13-18(14-23(32)28(21)37-5)7-8-19-15-26(35-3)29(38-6)27(16-19)36-4/h7-17,30,32H,1-6H3/b8-7-,12-11-. The molecule has 3 aromatic carbocycles. The summed E-state index contributed by atoms with van der Waals surface area (Å²) < 4.78 is 32.0. The molecule has 0 radical (unpaired) electrons. The number of ether oxygens (including phenoxy) is 6. The summed E-state index contributed by atoms with van der Waals surface area (Å²) >= 11 is 0. The first kappa shape index (κ1) is 27.8. The first-order chi connectivity index (χ1) is 18.4. The van der Waals surface area contributed by atoms with Gasteiger partial charge in [-0.3, -0.25) is 4.79 Å². The zero-order chi connectivity index (χ0) is 27.7. The van der Waals surface area contributed by atoms with Gasteiger partial charge in [0.25, 0.3) is 0 Å². The highest BCUT2D eigenvalue weighted by Gasteiger charge is 2.13. The molecule has 0 atom stereocenters. The number of nitrogens with one attached hydrogen (secondary N) is 1. The Morgan fingerprint density at radius 2 is 1.26 bits per heavy atom. The van der Waals surface area contributed by atoms with Gasteiger partial charge in [0.1, 0.15) is 0 Å². The Morgan fingerprint density at radius 1 is 0.684 bits per heavy atom. The van der Waals surface area contributed by atoms with Gasteiger partial charge in [0.05, 0.1) is 48.3 Å². The Balaban J connectivity index is 1.84. The Labute approximate surface area is 221 Å². The SMILES string of the molecule is COc1ccc(C(=O)/C=C\Nc2cc(/C=C\c3cc(OC)c(OC)c(OC)c3)cc(O)c2OC)cc1OC. The van der Waals surface area contributed by atoms with Gasteiger partial charge in [-0.05, 0) is 53.6 Å². The molecular weight excluding hydrogens is 490 g/mol. The number of carbonyl (C=O) groups is 1. The lowest BCUT2D eigenvalue weighted by Gasteiger charge is -2.13. The van der Waals surface area contributed by atoms with E-state index >= 15 is 0 Å². The Kier molecular flexibility index (Phi) is 9.48. The minimum absolute atomic E-state index is 0.0679. The number of anilines is 1. The largest absolute Gasteiger partial charge is 0.504 e. The minimum atomic E-state index is -0.250. The number of hydrogen-bond acceptors (Lipinski definition) is 9. The fraction of sp³-hybridized carbons (Fsp3) is 0.207. The molecule has 9 heteroatoms. The summed E-state index contributed by atoms with van der Waals surface area (Å²) in [4.78, 5) is 12.7. The molecule has 0 bridgehead atoms. The van der Waals surface area contributed by atoms with Crippen molar-refractivity contribution in [2.75, 3.05) is 48.0 Å². The van der Waals surface area contributed by atoms with Crippen molar-refractivity contribution < 1.29 is 38.3 Å². The third kappa shape index (κ3) is 6.31. The van der Waals surface area contributed by atoms with Crippen LogP contribution in [0.1, 0.15) is 21.5 Å². The van der Waals surface area contributed by atoms with Gasteiger partial charge in [-0.15, -0.1) is 0 Å². The molecule has 0 aliphatic rings. The van der Waals surface area contributed by atoms with Crippen LogP contribution in [0, 0.1) is 0 Å². The van der Waals surface area contributed by atoms with Crippen LogP contribution in [0.2, 0.25) is 0 Å². The predicted molar refractivity (Wildman–Crippen MR) is 146 cm³/mol. The molecule has 3 rings (SSSR count). The molecule has 0 aliphatic carbocycles. The lowest BCUT2D eigenvalue weighted by Crippen LogP contribution is -1.99. The van der Waals surface area contributed by atoms with E-state index in [0.29, 0.717) is 45.6 Å². The number of aromatic hydroxyl groups is 1. The summed E-state index contributed by atoms with van der Waals surface area (Å²) in [5.41, 5.74) is 2.37. The van der Waals surface area contributed by atoms with Crippen LogP contribution in [0.25, 0.3) is 12.2 Å². The van der Waals surface area contributed by atoms with Crippen LogP contribution in [0.4, 0.5) is 5.69 Å². The van der Waals surface area contributed by atoms with Crippen molar-refractivity contribution in [2.45, 2.75) is 0 Å². The Morgan fingerprint density at radius 3 is 1.82 bits per heavy atom. The molecule has 0 unspecified atom stereocenters. The van der Waals surface area contributed by atoms with E-state index in [1.165, 1.54) is 33.6 Å². The van der Waals surface area contributed by atoms with E-state index in [2.05, 4.69) is 5.32 Å². The zero-order valence-electron chi connectivity index (χ0n) is 22.2. The van der Waals surface area contributed by atoms with Crippen molar-refractivity contribution in [2.24, 2.45) is 0 Å². The molecule has 38 heavy (non-hydrogen) atoms. The lowest BCUT2D eigenvalue weighted by atomic mass is 10.1. The molecule has 0 saturated carbocycles. The van der Waals surface area contributed by atoms with E-state index in [1.54, 1.807) is 51.7 Å². The molecule has 0 amide bonds. The topological polar surface area (TPSA) is 105 Å². The second-order valence-electron chi connectivity index (χ2n) is 7.82. The maximum atomic E-state index is 12.7. The van der Waals surface area contributed by atoms with Crippen LogP contribution in [-0.2, 0) is 0 Å². The predicted octanol–water partition coefficient (Wildman–Crippen LogP) is 5.42. The fourth-order valence-electron chi connectivity index (χ4n) is 3.74. The van der Waals surface area contributed by atoms with Crippen LogP contribution in [0.3, 0.4) is 0 Å². The second kappa shape index (κ2) is 13.0. The average Bonchev–Trinajstić information content (AvgIpc) is 2.94. The fourth-order valence-corrected chi connectivity index (χ4v) is 3.74. The van der Waals surface area contributed by atoms with Crippen LogP contribution < -0.4 is 33.7 Å². The third-order valence-corrected chi connectivity index (χ3v) is 5.59. The maximum Gasteiger partial charge on any atom is 0.203 e. The van der Waals surface area contributed by atoms with Crippen molar-refractivity contribution in [3.05, 3.63) is 71.4 Å². The average molecular weight is 522 g/mol. The molecule has 200 valence electrons. The number of hydrogen-bond donors (Lipinski definition) is 2. The van der Waals surface area contributed by atoms with Gasteiger partial charge in [0.15, 0.2) is 40.3 Å². The number of allylic oxidation sites excluding steroid dienone is 1. The molecule has 9 nitrogen and oxygen atoms in total. The number of phenolic OH excluding ortho intramolecular Hbond substituents is 1. The van der Waals surface area contributed by atoms with E-state index in [4.69, 9.17) is 28.4 Å². The lowest BCUT2D eigenvalue weighted by molar-refractivity contribution is 0.104. The van der Waals surface area contributed by atoms with Crippen molar-refractivity contribution in [1.82, 2.24) is 0 Å². The zero-order valence-corrected chi connectivity index (χ0v) is 22.2. The van der Waals surface area contributed by atoms with E-state index in [-0.39, 0.29) is 17.3 Å². The summed E-state index contributed by atoms with van der Waals surface area (Å²) in [6.45, 7) is 0. The minimum Gasteiger partial charge on any atom is -0.504 e. The van der Waals surface area contributed by atoms with Crippen molar-refractivity contribution >= 4 is 23.6 Å². The van der Waals surface area contributed by atoms with E-state index in [0.717, 1.165) is 5.56 Å². The number of carbonyl (C=O) groups excluding carboxylic acids is 1. The molecule has 0 spiro atoms. The molecule has 2 N–H and O–H groups in total. The maximum absolute atomic E-state index is 12.7. The van der Waals surface area contributed by atoms with Crippen LogP contribution in [-0.4, -0.2) is 53.5 Å². The Hall–Kier alpha value is -4.79. The highest BCUT2D eigenvalue weighted by atomic mass is 16.5. The van der Waals surface area contributed by atoms with Crippen molar-refractivity contribution in [3.8, 4) is 40.2 Å². The van der Waals surface area contributed by atoms with Crippen LogP contribution >= 0.6 is 0 Å². The van der Waals surface area contributed by atoms with Crippen LogP contribution in [0.15, 0.2) is 54.7 Å². The van der Waals surface area contributed by atoms with Gasteiger partial charge in [0.2, 0.25) is 5.75 Å². The van der Waals surface area contributed by atoms with Gasteiger partial charge in [-0.25, -0.2) is 0 Å².